The highest BCUT2D eigenvalue weighted by atomic mass is 127. The Bertz CT molecular complexity index is 789. The van der Waals surface area contributed by atoms with E-state index in [1.165, 1.54) is 0 Å². The minimum Gasteiger partial charge on any atom is -0.444 e. The molecule has 1 aromatic rings. The number of nitrogens with zero attached hydrogens (tertiary/aromatic N) is 4. The van der Waals surface area contributed by atoms with Crippen LogP contribution in [0.25, 0.3) is 0 Å². The van der Waals surface area contributed by atoms with Crippen LogP contribution in [0.3, 0.4) is 0 Å². The lowest BCUT2D eigenvalue weighted by Crippen LogP contribution is -2.57. The minimum atomic E-state index is -0.486. The van der Waals surface area contributed by atoms with E-state index in [0.717, 1.165) is 18.1 Å². The Hall–Kier alpha value is -2.04. The van der Waals surface area contributed by atoms with Gasteiger partial charge in [0.1, 0.15) is 5.60 Å². The van der Waals surface area contributed by atoms with Crippen molar-refractivity contribution < 1.29 is 14.3 Å². The normalized spacial score (nSPS) is 18.2. The zero-order chi connectivity index (χ0) is 21.2. The van der Waals surface area contributed by atoms with Crippen LogP contribution in [0.1, 0.15) is 36.7 Å². The third-order valence-corrected chi connectivity index (χ3v) is 4.92. The number of hydrogen-bond acceptors (Lipinski definition) is 6. The molecule has 0 spiro atoms. The van der Waals surface area contributed by atoms with Crippen LogP contribution in [0.5, 0.6) is 0 Å². The number of carbonyl (C=O) groups excluding carboxylic acids is 2. The molecule has 0 aliphatic carbocycles. The van der Waals surface area contributed by atoms with E-state index in [0.29, 0.717) is 31.7 Å². The van der Waals surface area contributed by atoms with Crippen molar-refractivity contribution in [3.05, 3.63) is 35.4 Å². The average Bonchev–Trinajstić information content (AvgIpc) is 3.07. The van der Waals surface area contributed by atoms with Gasteiger partial charge in [0.15, 0.2) is 5.96 Å². The SMILES string of the molecule is CN(C)C(=O)c1ccc(CNC2=NCC3CN(C(=O)OC(C)(C)C)CCN23)cc1.I. The molecular formula is C21H32IN5O3. The Morgan fingerprint density at radius 3 is 2.47 bits per heavy atom. The number of ether oxygens (including phenoxy) is 1. The van der Waals surface area contributed by atoms with Crippen molar-refractivity contribution in [2.24, 2.45) is 4.99 Å². The molecule has 166 valence electrons. The Morgan fingerprint density at radius 2 is 1.87 bits per heavy atom. The van der Waals surface area contributed by atoms with E-state index < -0.39 is 5.60 Å². The molecule has 0 saturated carbocycles. The maximum Gasteiger partial charge on any atom is 0.410 e. The molecule has 2 aliphatic rings. The topological polar surface area (TPSA) is 77.5 Å². The van der Waals surface area contributed by atoms with Crippen LogP contribution in [0.2, 0.25) is 0 Å². The van der Waals surface area contributed by atoms with Gasteiger partial charge in [-0.1, -0.05) is 12.1 Å². The van der Waals surface area contributed by atoms with Gasteiger partial charge in [-0.2, -0.15) is 0 Å². The smallest absolute Gasteiger partial charge is 0.410 e. The summed E-state index contributed by atoms with van der Waals surface area (Å²) in [6.45, 7) is 8.90. The quantitative estimate of drug-likeness (QED) is 0.609. The van der Waals surface area contributed by atoms with Crippen LogP contribution < -0.4 is 5.32 Å². The highest BCUT2D eigenvalue weighted by Crippen LogP contribution is 2.19. The molecule has 0 radical (unpaired) electrons. The Kier molecular flexibility index (Phi) is 7.95. The number of carbonyl (C=O) groups is 2. The molecule has 1 atom stereocenters. The number of benzene rings is 1. The van der Waals surface area contributed by atoms with Gasteiger partial charge in [0.25, 0.3) is 5.91 Å². The number of guanidine groups is 1. The summed E-state index contributed by atoms with van der Waals surface area (Å²) < 4.78 is 5.49. The number of amides is 2. The lowest BCUT2D eigenvalue weighted by molar-refractivity contribution is 0.0137. The molecule has 2 heterocycles. The van der Waals surface area contributed by atoms with Gasteiger partial charge in [-0.25, -0.2) is 4.79 Å². The van der Waals surface area contributed by atoms with Crippen molar-refractivity contribution in [2.75, 3.05) is 40.3 Å². The maximum atomic E-state index is 12.3. The molecule has 1 saturated heterocycles. The Labute approximate surface area is 195 Å². The van der Waals surface area contributed by atoms with Gasteiger partial charge in [-0.05, 0) is 38.5 Å². The molecule has 1 N–H and O–H groups in total. The number of nitrogens with one attached hydrogen (secondary N) is 1. The predicted octanol–water partition coefficient (Wildman–Crippen LogP) is 2.39. The highest BCUT2D eigenvalue weighted by molar-refractivity contribution is 14.0. The van der Waals surface area contributed by atoms with Gasteiger partial charge in [-0.3, -0.25) is 9.79 Å². The van der Waals surface area contributed by atoms with E-state index in [9.17, 15) is 9.59 Å². The molecule has 0 aromatic heterocycles. The van der Waals surface area contributed by atoms with Crippen LogP contribution in [0.4, 0.5) is 4.79 Å². The fourth-order valence-corrected chi connectivity index (χ4v) is 3.43. The molecule has 2 amide bonds. The molecule has 30 heavy (non-hydrogen) atoms. The summed E-state index contributed by atoms with van der Waals surface area (Å²) in [6, 6.07) is 7.78. The van der Waals surface area contributed by atoms with Gasteiger partial charge < -0.3 is 24.8 Å². The second-order valence-electron chi connectivity index (χ2n) is 8.69. The van der Waals surface area contributed by atoms with Gasteiger partial charge in [0.2, 0.25) is 0 Å². The first-order valence-corrected chi connectivity index (χ1v) is 9.97. The van der Waals surface area contributed by atoms with Gasteiger partial charge in [0, 0.05) is 45.8 Å². The van der Waals surface area contributed by atoms with E-state index in [1.807, 2.05) is 45.0 Å². The highest BCUT2D eigenvalue weighted by Gasteiger charge is 2.36. The van der Waals surface area contributed by atoms with Crippen molar-refractivity contribution in [2.45, 2.75) is 39.0 Å². The summed E-state index contributed by atoms with van der Waals surface area (Å²) in [4.78, 5) is 34.5. The zero-order valence-corrected chi connectivity index (χ0v) is 20.7. The summed E-state index contributed by atoms with van der Waals surface area (Å²) in [7, 11) is 3.49. The standard InChI is InChI=1S/C21H31N5O3.HI/c1-21(2,3)29-20(28)25-10-11-26-17(14-25)13-23-19(26)22-12-15-6-8-16(9-7-15)18(27)24(4)5;/h6-9,17H,10-14H2,1-5H3,(H,22,23);1H. The molecule has 3 rings (SSSR count). The summed E-state index contributed by atoms with van der Waals surface area (Å²) >= 11 is 0. The molecule has 9 heteroatoms. The summed E-state index contributed by atoms with van der Waals surface area (Å²) in [6.07, 6.45) is -0.258. The lowest BCUT2D eigenvalue weighted by Gasteiger charge is -2.39. The van der Waals surface area contributed by atoms with E-state index in [-0.39, 0.29) is 42.0 Å². The van der Waals surface area contributed by atoms with Gasteiger partial charge in [-0.15, -0.1) is 24.0 Å². The van der Waals surface area contributed by atoms with Crippen LogP contribution in [0, 0.1) is 0 Å². The molecule has 0 bridgehead atoms. The lowest BCUT2D eigenvalue weighted by atomic mass is 10.1. The monoisotopic (exact) mass is 529 g/mol. The van der Waals surface area contributed by atoms with E-state index >= 15 is 0 Å². The molecule has 1 fully saturated rings. The second-order valence-corrected chi connectivity index (χ2v) is 8.69. The number of aliphatic imine (C=N–C) groups is 1. The first kappa shape index (κ1) is 24.2. The molecular weight excluding hydrogens is 497 g/mol. The first-order chi connectivity index (χ1) is 13.6. The van der Waals surface area contributed by atoms with Gasteiger partial charge in [0.05, 0.1) is 12.6 Å². The van der Waals surface area contributed by atoms with E-state index in [2.05, 4.69) is 15.2 Å². The Morgan fingerprint density at radius 1 is 1.20 bits per heavy atom. The molecule has 1 aromatic carbocycles. The maximum absolute atomic E-state index is 12.3. The fourth-order valence-electron chi connectivity index (χ4n) is 3.43. The molecule has 1 unspecified atom stereocenters. The molecule has 2 aliphatic heterocycles. The fraction of sp³-hybridized carbons (Fsp3) is 0.571. The summed E-state index contributed by atoms with van der Waals surface area (Å²) in [5, 5.41) is 3.40. The second kappa shape index (κ2) is 9.84. The predicted molar refractivity (Wildman–Crippen MR) is 127 cm³/mol. The number of piperazine rings is 1. The molecule has 8 nitrogen and oxygen atoms in total. The van der Waals surface area contributed by atoms with Crippen LogP contribution in [0.15, 0.2) is 29.3 Å². The van der Waals surface area contributed by atoms with E-state index in [1.54, 1.807) is 23.9 Å². The zero-order valence-electron chi connectivity index (χ0n) is 18.3. The van der Waals surface area contributed by atoms with Crippen molar-refractivity contribution in [1.82, 2.24) is 20.0 Å². The first-order valence-electron chi connectivity index (χ1n) is 9.97. The van der Waals surface area contributed by atoms with Crippen LogP contribution >= 0.6 is 24.0 Å². The number of halogens is 1. The average molecular weight is 529 g/mol. The minimum absolute atomic E-state index is 0. The van der Waals surface area contributed by atoms with Crippen molar-refractivity contribution in [3.8, 4) is 0 Å². The number of rotatable bonds is 3. The Balaban J connectivity index is 0.00000320. The van der Waals surface area contributed by atoms with Crippen molar-refractivity contribution in [3.63, 3.8) is 0 Å². The third-order valence-electron chi connectivity index (χ3n) is 4.92. The van der Waals surface area contributed by atoms with Crippen LogP contribution in [-0.2, 0) is 11.3 Å². The summed E-state index contributed by atoms with van der Waals surface area (Å²) in [5.74, 6) is 0.864. The van der Waals surface area contributed by atoms with Crippen molar-refractivity contribution >= 4 is 41.9 Å². The van der Waals surface area contributed by atoms with E-state index in [4.69, 9.17) is 4.74 Å². The van der Waals surface area contributed by atoms with Crippen LogP contribution in [-0.4, -0.2) is 84.6 Å². The number of hydrogen-bond donors (Lipinski definition) is 1. The van der Waals surface area contributed by atoms with Crippen molar-refractivity contribution in [1.29, 1.82) is 0 Å². The largest absolute Gasteiger partial charge is 0.444 e. The summed E-state index contributed by atoms with van der Waals surface area (Å²) in [5.41, 5.74) is 1.27. The third kappa shape index (κ3) is 5.99. The van der Waals surface area contributed by atoms with Gasteiger partial charge >= 0.3 is 6.09 Å². The number of fused-ring (bicyclic) bond motifs is 1.